The van der Waals surface area contributed by atoms with Crippen LogP contribution >= 0.6 is 11.3 Å². The van der Waals surface area contributed by atoms with Crippen LogP contribution in [0.15, 0.2) is 4.79 Å². The predicted molar refractivity (Wildman–Crippen MR) is 101 cm³/mol. The van der Waals surface area contributed by atoms with Crippen molar-refractivity contribution in [3.8, 4) is 10.6 Å². The summed E-state index contributed by atoms with van der Waals surface area (Å²) in [7, 11) is 1.57. The number of carboxylic acid groups (broad SMARTS) is 1. The molecule has 9 heteroatoms. The molecule has 1 aliphatic rings. The Morgan fingerprint density at radius 3 is 2.41 bits per heavy atom. The molecule has 1 aliphatic carbocycles. The van der Waals surface area contributed by atoms with Crippen molar-refractivity contribution in [2.45, 2.75) is 52.0 Å². The number of nitrogens with zero attached hydrogens (tertiary/aromatic N) is 3. The number of aliphatic carboxylic acids is 1. The number of aromatic nitrogens is 3. The van der Waals surface area contributed by atoms with E-state index in [1.807, 2.05) is 6.92 Å². The average Bonchev–Trinajstić information content (AvgIpc) is 3.21. The largest absolute Gasteiger partial charge is 0.480 e. The molecular weight excluding hydrogens is 368 g/mol. The zero-order chi connectivity index (χ0) is 19.9. The Morgan fingerprint density at radius 1 is 1.19 bits per heavy atom. The normalized spacial score (nSPS) is 15.7. The van der Waals surface area contributed by atoms with Gasteiger partial charge in [0.2, 0.25) is 0 Å². The molecule has 0 atom stereocenters. The molecule has 2 aromatic rings. The molecule has 3 rings (SSSR count). The van der Waals surface area contributed by atoms with E-state index in [0.29, 0.717) is 39.7 Å². The van der Waals surface area contributed by atoms with Gasteiger partial charge in [0.1, 0.15) is 15.4 Å². The second-order valence-electron chi connectivity index (χ2n) is 7.00. The van der Waals surface area contributed by atoms with Crippen LogP contribution in [0.3, 0.4) is 0 Å². The van der Waals surface area contributed by atoms with E-state index in [4.69, 9.17) is 0 Å². The van der Waals surface area contributed by atoms with E-state index >= 15 is 0 Å². The summed E-state index contributed by atoms with van der Waals surface area (Å²) in [5.41, 5.74) is 0.829. The molecule has 0 saturated heterocycles. The van der Waals surface area contributed by atoms with E-state index < -0.39 is 17.4 Å². The molecule has 0 bridgehead atoms. The third-order valence-electron chi connectivity index (χ3n) is 5.16. The van der Waals surface area contributed by atoms with Gasteiger partial charge in [-0.1, -0.05) is 12.8 Å². The highest BCUT2D eigenvalue weighted by atomic mass is 32.1. The number of carboxylic acids is 1. The lowest BCUT2D eigenvalue weighted by Gasteiger charge is -2.24. The van der Waals surface area contributed by atoms with Crippen molar-refractivity contribution in [3.63, 3.8) is 0 Å². The first-order valence-electron chi connectivity index (χ1n) is 8.74. The molecule has 0 aromatic carbocycles. The summed E-state index contributed by atoms with van der Waals surface area (Å²) in [5.74, 6) is -1.47. The zero-order valence-corrected chi connectivity index (χ0v) is 16.6. The minimum Gasteiger partial charge on any atom is -0.480 e. The third kappa shape index (κ3) is 3.27. The standard InChI is InChI=1S/C18H22N4O4S/c1-9-10(2)21-22(4)16(24)12(9)15-19-11(3)13(27-15)14(23)20-18(17(25)26)7-5-6-8-18/h5-8H2,1-4H3,(H,20,23)(H,25,26). The Labute approximate surface area is 160 Å². The highest BCUT2D eigenvalue weighted by molar-refractivity contribution is 7.17. The van der Waals surface area contributed by atoms with Gasteiger partial charge in [0.25, 0.3) is 11.5 Å². The molecule has 0 unspecified atom stereocenters. The van der Waals surface area contributed by atoms with Crippen molar-refractivity contribution in [3.05, 3.63) is 32.2 Å². The number of hydrogen-bond acceptors (Lipinski definition) is 6. The molecule has 0 aliphatic heterocycles. The quantitative estimate of drug-likeness (QED) is 0.825. The summed E-state index contributed by atoms with van der Waals surface area (Å²) in [5, 5.41) is 16.9. The lowest BCUT2D eigenvalue weighted by Crippen LogP contribution is -2.52. The monoisotopic (exact) mass is 390 g/mol. The number of nitrogens with one attached hydrogen (secondary N) is 1. The molecular formula is C18H22N4O4S. The maximum Gasteiger partial charge on any atom is 0.329 e. The van der Waals surface area contributed by atoms with Crippen LogP contribution in [-0.4, -0.2) is 37.3 Å². The lowest BCUT2D eigenvalue weighted by atomic mass is 9.98. The summed E-state index contributed by atoms with van der Waals surface area (Å²) < 4.78 is 1.26. The van der Waals surface area contributed by atoms with Gasteiger partial charge in [0.05, 0.1) is 17.0 Å². The summed E-state index contributed by atoms with van der Waals surface area (Å²) in [4.78, 5) is 41.8. The SMILES string of the molecule is Cc1nc(-c2c(C)c(C)nn(C)c2=O)sc1C(=O)NC1(C(=O)O)CCCC1. The molecule has 27 heavy (non-hydrogen) atoms. The molecule has 0 radical (unpaired) electrons. The molecule has 1 amide bonds. The Morgan fingerprint density at radius 2 is 1.81 bits per heavy atom. The van der Waals surface area contributed by atoms with E-state index in [1.54, 1.807) is 20.9 Å². The Kier molecular flexibility index (Phi) is 4.90. The first-order chi connectivity index (χ1) is 12.7. The van der Waals surface area contributed by atoms with Gasteiger partial charge in [-0.2, -0.15) is 5.10 Å². The molecule has 1 fully saturated rings. The Balaban J connectivity index is 2.00. The van der Waals surface area contributed by atoms with E-state index in [2.05, 4.69) is 15.4 Å². The number of carbonyl (C=O) groups excluding carboxylic acids is 1. The van der Waals surface area contributed by atoms with Crippen LogP contribution in [0.25, 0.3) is 10.6 Å². The fraction of sp³-hybridized carbons (Fsp3) is 0.500. The lowest BCUT2D eigenvalue weighted by molar-refractivity contribution is -0.144. The fourth-order valence-corrected chi connectivity index (χ4v) is 4.51. The van der Waals surface area contributed by atoms with Crippen molar-refractivity contribution in [2.75, 3.05) is 0 Å². The van der Waals surface area contributed by atoms with Crippen molar-refractivity contribution in [1.82, 2.24) is 20.1 Å². The molecule has 8 nitrogen and oxygen atoms in total. The van der Waals surface area contributed by atoms with Crippen LogP contribution in [0.1, 0.15) is 52.3 Å². The second-order valence-corrected chi connectivity index (χ2v) is 8.00. The van der Waals surface area contributed by atoms with Crippen LogP contribution in [0.2, 0.25) is 0 Å². The first-order valence-corrected chi connectivity index (χ1v) is 9.56. The highest BCUT2D eigenvalue weighted by Gasteiger charge is 2.43. The summed E-state index contributed by atoms with van der Waals surface area (Å²) >= 11 is 1.10. The number of aryl methyl sites for hydroxylation is 3. The van der Waals surface area contributed by atoms with Crippen LogP contribution in [0.4, 0.5) is 0 Å². The average molecular weight is 390 g/mol. The van der Waals surface area contributed by atoms with Gasteiger partial charge in [-0.05, 0) is 39.2 Å². The van der Waals surface area contributed by atoms with Gasteiger partial charge < -0.3 is 10.4 Å². The van der Waals surface area contributed by atoms with Crippen molar-refractivity contribution >= 4 is 23.2 Å². The smallest absolute Gasteiger partial charge is 0.329 e. The van der Waals surface area contributed by atoms with Crippen LogP contribution in [-0.2, 0) is 11.8 Å². The minimum absolute atomic E-state index is 0.281. The van der Waals surface area contributed by atoms with Crippen LogP contribution in [0.5, 0.6) is 0 Å². The van der Waals surface area contributed by atoms with Gasteiger partial charge in [-0.25, -0.2) is 14.5 Å². The summed E-state index contributed by atoms with van der Waals surface area (Å²) in [6.07, 6.45) is 2.38. The molecule has 2 aromatic heterocycles. The van der Waals surface area contributed by atoms with Gasteiger partial charge in [-0.3, -0.25) is 9.59 Å². The second kappa shape index (κ2) is 6.88. The first kappa shape index (κ1) is 19.2. The summed E-state index contributed by atoms with van der Waals surface area (Å²) in [6.45, 7) is 5.29. The number of thiazole rings is 1. The maximum atomic E-state index is 12.8. The van der Waals surface area contributed by atoms with Crippen molar-refractivity contribution in [1.29, 1.82) is 0 Å². The van der Waals surface area contributed by atoms with E-state index in [9.17, 15) is 19.5 Å². The zero-order valence-electron chi connectivity index (χ0n) is 15.8. The molecule has 1 saturated carbocycles. The number of carbonyl (C=O) groups is 2. The van der Waals surface area contributed by atoms with Gasteiger partial charge >= 0.3 is 5.97 Å². The Bertz CT molecular complexity index is 986. The highest BCUT2D eigenvalue weighted by Crippen LogP contribution is 2.32. The Hall–Kier alpha value is -2.55. The van der Waals surface area contributed by atoms with Crippen molar-refractivity contribution < 1.29 is 14.7 Å². The number of hydrogen-bond donors (Lipinski definition) is 2. The van der Waals surface area contributed by atoms with Crippen molar-refractivity contribution in [2.24, 2.45) is 7.05 Å². The number of rotatable bonds is 4. The van der Waals surface area contributed by atoms with E-state index in [0.717, 1.165) is 29.7 Å². The fourth-order valence-electron chi connectivity index (χ4n) is 3.46. The molecule has 0 spiro atoms. The van der Waals surface area contributed by atoms with Crippen LogP contribution in [0, 0.1) is 20.8 Å². The predicted octanol–water partition coefficient (Wildman–Crippen LogP) is 1.96. The van der Waals surface area contributed by atoms with Gasteiger partial charge in [-0.15, -0.1) is 11.3 Å². The topological polar surface area (TPSA) is 114 Å². The van der Waals surface area contributed by atoms with Crippen LogP contribution < -0.4 is 10.9 Å². The van der Waals surface area contributed by atoms with Gasteiger partial charge in [0.15, 0.2) is 0 Å². The molecule has 144 valence electrons. The third-order valence-corrected chi connectivity index (χ3v) is 6.34. The molecule has 2 heterocycles. The number of amides is 1. The summed E-state index contributed by atoms with van der Waals surface area (Å²) in [6, 6.07) is 0. The van der Waals surface area contributed by atoms with E-state index in [1.165, 1.54) is 4.68 Å². The van der Waals surface area contributed by atoms with Gasteiger partial charge in [0, 0.05) is 7.05 Å². The van der Waals surface area contributed by atoms with E-state index in [-0.39, 0.29) is 5.56 Å². The molecule has 2 N–H and O–H groups in total. The maximum absolute atomic E-state index is 12.8. The minimum atomic E-state index is -1.22.